The highest BCUT2D eigenvalue weighted by atomic mass is 32.2. The summed E-state index contributed by atoms with van der Waals surface area (Å²) in [5, 5.41) is 2.89. The number of benzene rings is 2. The predicted octanol–water partition coefficient (Wildman–Crippen LogP) is 3.08. The van der Waals surface area contributed by atoms with Gasteiger partial charge in [0.25, 0.3) is 0 Å². The molecule has 0 aliphatic heterocycles. The van der Waals surface area contributed by atoms with Crippen LogP contribution in [0.2, 0.25) is 0 Å². The van der Waals surface area contributed by atoms with Crippen LogP contribution >= 0.6 is 0 Å². The zero-order chi connectivity index (χ0) is 20.0. The lowest BCUT2D eigenvalue weighted by Gasteiger charge is -2.19. The number of carbonyl (C=O) groups is 1. The molecular formula is C20H26N2O4S. The molecule has 0 bridgehead atoms. The smallest absolute Gasteiger partial charge is 0.243 e. The molecular weight excluding hydrogens is 364 g/mol. The number of amides is 1. The van der Waals surface area contributed by atoms with Crippen molar-refractivity contribution in [1.82, 2.24) is 4.31 Å². The van der Waals surface area contributed by atoms with Gasteiger partial charge < -0.3 is 10.1 Å². The molecule has 27 heavy (non-hydrogen) atoms. The van der Waals surface area contributed by atoms with Crippen LogP contribution in [0, 0.1) is 0 Å². The van der Waals surface area contributed by atoms with Crippen LogP contribution in [0.4, 0.5) is 5.69 Å². The highest BCUT2D eigenvalue weighted by molar-refractivity contribution is 7.89. The Labute approximate surface area is 161 Å². The quantitative estimate of drug-likeness (QED) is 0.752. The molecule has 0 heterocycles. The Morgan fingerprint density at radius 3 is 2.07 bits per heavy atom. The second kappa shape index (κ2) is 9.01. The molecule has 1 N–H and O–H groups in total. The molecule has 0 aliphatic rings. The van der Waals surface area contributed by atoms with Crippen LogP contribution in [-0.4, -0.2) is 39.3 Å². The zero-order valence-electron chi connectivity index (χ0n) is 16.2. The van der Waals surface area contributed by atoms with Gasteiger partial charge in [-0.3, -0.25) is 4.79 Å². The number of carbonyl (C=O) groups excluding carboxylic acids is 1. The summed E-state index contributed by atoms with van der Waals surface area (Å²) in [4.78, 5) is 12.6. The molecule has 2 aromatic carbocycles. The number of ether oxygens (including phenoxy) is 1. The summed E-state index contributed by atoms with van der Waals surface area (Å²) < 4.78 is 31.4. The van der Waals surface area contributed by atoms with Crippen molar-refractivity contribution in [2.24, 2.45) is 0 Å². The lowest BCUT2D eigenvalue weighted by atomic mass is 10.0. The maximum Gasteiger partial charge on any atom is 0.243 e. The van der Waals surface area contributed by atoms with E-state index in [-0.39, 0.29) is 17.3 Å². The molecule has 0 atom stereocenters. The van der Waals surface area contributed by atoms with Crippen LogP contribution in [-0.2, 0) is 27.7 Å². The average Bonchev–Trinajstić information content (AvgIpc) is 2.67. The maximum atomic E-state index is 12.7. The summed E-state index contributed by atoms with van der Waals surface area (Å²) >= 11 is 0. The number of sulfonamides is 1. The summed E-state index contributed by atoms with van der Waals surface area (Å²) in [6.07, 6.45) is 1.56. The molecule has 2 aromatic rings. The molecule has 6 nitrogen and oxygen atoms in total. The summed E-state index contributed by atoms with van der Waals surface area (Å²) in [5.74, 6) is 0.197. The normalized spacial score (nSPS) is 11.4. The molecule has 0 spiro atoms. The van der Waals surface area contributed by atoms with E-state index in [0.717, 1.165) is 34.0 Å². The number of methoxy groups -OCH3 is 1. The second-order valence-electron chi connectivity index (χ2n) is 6.14. The van der Waals surface area contributed by atoms with Gasteiger partial charge in [-0.05, 0) is 48.2 Å². The zero-order valence-corrected chi connectivity index (χ0v) is 17.0. The molecule has 1 amide bonds. The van der Waals surface area contributed by atoms with Gasteiger partial charge in [-0.2, -0.15) is 4.31 Å². The van der Waals surface area contributed by atoms with E-state index in [1.54, 1.807) is 12.1 Å². The summed E-state index contributed by atoms with van der Waals surface area (Å²) in [5.41, 5.74) is 2.84. The first-order valence-corrected chi connectivity index (χ1v) is 10.3. The van der Waals surface area contributed by atoms with Crippen molar-refractivity contribution in [3.05, 3.63) is 53.6 Å². The van der Waals surface area contributed by atoms with E-state index in [1.165, 1.54) is 26.3 Å². The number of nitrogens with one attached hydrogen (secondary N) is 1. The Hall–Kier alpha value is -2.38. The van der Waals surface area contributed by atoms with Gasteiger partial charge in [-0.25, -0.2) is 8.42 Å². The first kappa shape index (κ1) is 20.9. The Morgan fingerprint density at radius 1 is 1.04 bits per heavy atom. The number of rotatable bonds is 8. The third kappa shape index (κ3) is 4.87. The van der Waals surface area contributed by atoms with E-state index < -0.39 is 10.0 Å². The highest BCUT2D eigenvalue weighted by Crippen LogP contribution is 2.23. The Bertz CT molecular complexity index is 870. The number of likely N-dealkylation sites (N-methyl/N-ethyl adjacent to an activating group) is 1. The predicted molar refractivity (Wildman–Crippen MR) is 107 cm³/mol. The summed E-state index contributed by atoms with van der Waals surface area (Å²) in [7, 11) is -0.859. The van der Waals surface area contributed by atoms with Crippen molar-refractivity contribution >= 4 is 21.6 Å². The van der Waals surface area contributed by atoms with Gasteiger partial charge in [0.05, 0.1) is 18.6 Å². The SMILES string of the molecule is CCc1cccc(CC)c1NC(=O)CN(C)S(=O)(=O)c1ccc(OC)cc1. The number of hydrogen-bond donors (Lipinski definition) is 1. The van der Waals surface area contributed by atoms with Gasteiger partial charge in [-0.15, -0.1) is 0 Å². The number of anilines is 1. The topological polar surface area (TPSA) is 75.7 Å². The number of hydrogen-bond acceptors (Lipinski definition) is 4. The Kier molecular flexibility index (Phi) is 6.98. The molecule has 0 aromatic heterocycles. The molecule has 0 fully saturated rings. The molecule has 0 radical (unpaired) electrons. The lowest BCUT2D eigenvalue weighted by molar-refractivity contribution is -0.116. The van der Waals surface area contributed by atoms with Crippen molar-refractivity contribution in [2.45, 2.75) is 31.6 Å². The summed E-state index contributed by atoms with van der Waals surface area (Å²) in [6.45, 7) is 3.77. The van der Waals surface area contributed by atoms with Gasteiger partial charge in [-0.1, -0.05) is 32.0 Å². The average molecular weight is 391 g/mol. The number of para-hydroxylation sites is 1. The molecule has 0 unspecified atom stereocenters. The van der Waals surface area contributed by atoms with Crippen molar-refractivity contribution in [3.8, 4) is 5.75 Å². The fraction of sp³-hybridized carbons (Fsp3) is 0.350. The first-order chi connectivity index (χ1) is 12.8. The minimum atomic E-state index is -3.77. The lowest BCUT2D eigenvalue weighted by Crippen LogP contribution is -2.35. The van der Waals surface area contributed by atoms with Crippen molar-refractivity contribution < 1.29 is 17.9 Å². The van der Waals surface area contributed by atoms with E-state index in [0.29, 0.717) is 5.75 Å². The molecule has 146 valence electrons. The van der Waals surface area contributed by atoms with Crippen LogP contribution in [0.5, 0.6) is 5.75 Å². The van der Waals surface area contributed by atoms with Crippen molar-refractivity contribution in [1.29, 1.82) is 0 Å². The van der Waals surface area contributed by atoms with Gasteiger partial charge in [0, 0.05) is 12.7 Å². The van der Waals surface area contributed by atoms with E-state index in [1.807, 2.05) is 32.0 Å². The maximum absolute atomic E-state index is 12.7. The van der Waals surface area contributed by atoms with E-state index in [9.17, 15) is 13.2 Å². The van der Waals surface area contributed by atoms with E-state index in [4.69, 9.17) is 4.74 Å². The second-order valence-corrected chi connectivity index (χ2v) is 8.19. The molecule has 0 aliphatic carbocycles. The van der Waals surface area contributed by atoms with Crippen molar-refractivity contribution in [3.63, 3.8) is 0 Å². The molecule has 0 saturated heterocycles. The van der Waals surface area contributed by atoms with E-state index >= 15 is 0 Å². The molecule has 2 rings (SSSR count). The third-order valence-electron chi connectivity index (χ3n) is 4.40. The molecule has 0 saturated carbocycles. The van der Waals surface area contributed by atoms with Crippen LogP contribution < -0.4 is 10.1 Å². The fourth-order valence-corrected chi connectivity index (χ4v) is 3.92. The highest BCUT2D eigenvalue weighted by Gasteiger charge is 2.23. The third-order valence-corrected chi connectivity index (χ3v) is 6.21. The van der Waals surface area contributed by atoms with Crippen LogP contribution in [0.1, 0.15) is 25.0 Å². The first-order valence-electron chi connectivity index (χ1n) is 8.84. The summed E-state index contributed by atoms with van der Waals surface area (Å²) in [6, 6.07) is 12.0. The van der Waals surface area contributed by atoms with Crippen molar-refractivity contribution in [2.75, 3.05) is 26.0 Å². The Morgan fingerprint density at radius 2 is 1.59 bits per heavy atom. The van der Waals surface area contributed by atoms with Gasteiger partial charge in [0.2, 0.25) is 15.9 Å². The minimum absolute atomic E-state index is 0.113. The standard InChI is InChI=1S/C20H26N2O4S/c1-5-15-8-7-9-16(6-2)20(15)21-19(23)14-22(3)27(24,25)18-12-10-17(26-4)11-13-18/h7-13H,5-6,14H2,1-4H3,(H,21,23). The fourth-order valence-electron chi connectivity index (χ4n) is 2.80. The Balaban J connectivity index is 2.15. The van der Waals surface area contributed by atoms with Gasteiger partial charge in [0.15, 0.2) is 0 Å². The largest absolute Gasteiger partial charge is 0.497 e. The van der Waals surface area contributed by atoms with Gasteiger partial charge in [0.1, 0.15) is 5.75 Å². The monoisotopic (exact) mass is 390 g/mol. The van der Waals surface area contributed by atoms with Crippen LogP contribution in [0.25, 0.3) is 0 Å². The van der Waals surface area contributed by atoms with Crippen LogP contribution in [0.3, 0.4) is 0 Å². The van der Waals surface area contributed by atoms with E-state index in [2.05, 4.69) is 5.32 Å². The number of aryl methyl sites for hydroxylation is 2. The number of nitrogens with zero attached hydrogens (tertiary/aromatic N) is 1. The van der Waals surface area contributed by atoms with Crippen LogP contribution in [0.15, 0.2) is 47.4 Å². The van der Waals surface area contributed by atoms with Gasteiger partial charge >= 0.3 is 0 Å². The molecule has 7 heteroatoms. The minimum Gasteiger partial charge on any atom is -0.497 e.